The van der Waals surface area contributed by atoms with Crippen LogP contribution in [0.15, 0.2) is 15.9 Å². The van der Waals surface area contributed by atoms with Crippen molar-refractivity contribution < 1.29 is 4.79 Å². The fourth-order valence-electron chi connectivity index (χ4n) is 1.61. The third-order valence-electron chi connectivity index (χ3n) is 2.72. The van der Waals surface area contributed by atoms with E-state index in [4.69, 9.17) is 0 Å². The highest BCUT2D eigenvalue weighted by molar-refractivity contribution is 9.11. The van der Waals surface area contributed by atoms with Gasteiger partial charge < -0.3 is 5.32 Å². The summed E-state index contributed by atoms with van der Waals surface area (Å²) in [5, 5.41) is 9.57. The summed E-state index contributed by atoms with van der Waals surface area (Å²) in [5.41, 5.74) is 0. The molecule has 1 aliphatic rings. The first kappa shape index (κ1) is 11.9. The van der Waals surface area contributed by atoms with Crippen molar-refractivity contribution in [1.29, 1.82) is 0 Å². The van der Waals surface area contributed by atoms with Crippen molar-refractivity contribution in [2.75, 3.05) is 0 Å². The van der Waals surface area contributed by atoms with Crippen LogP contribution < -0.4 is 5.32 Å². The Kier molecular flexibility index (Phi) is 3.17. The molecule has 5 nitrogen and oxygen atoms in total. The number of amides is 1. The van der Waals surface area contributed by atoms with Gasteiger partial charge in [0.25, 0.3) is 5.91 Å². The third kappa shape index (κ3) is 2.62. The number of thiophene rings is 1. The van der Waals surface area contributed by atoms with Gasteiger partial charge in [0, 0.05) is 10.8 Å². The second kappa shape index (κ2) is 4.81. The lowest BCUT2D eigenvalue weighted by Crippen LogP contribution is -2.23. The normalized spacial score (nSPS) is 14.7. The second-order valence-corrected chi connectivity index (χ2v) is 6.75. The zero-order valence-electron chi connectivity index (χ0n) is 9.44. The van der Waals surface area contributed by atoms with Crippen LogP contribution in [0, 0.1) is 0 Å². The molecule has 3 rings (SSSR count). The lowest BCUT2D eigenvalue weighted by Gasteiger charge is -1.98. The Hall–Kier alpha value is -1.21. The molecule has 0 unspecified atom stereocenters. The monoisotopic (exact) mass is 326 g/mol. The van der Waals surface area contributed by atoms with Crippen LogP contribution >= 0.6 is 27.3 Å². The number of carbonyl (C=O) groups excluding carboxylic acids is 1. The Morgan fingerprint density at radius 1 is 1.56 bits per heavy atom. The maximum absolute atomic E-state index is 11.8. The van der Waals surface area contributed by atoms with Gasteiger partial charge in [-0.2, -0.15) is 0 Å². The quantitative estimate of drug-likeness (QED) is 0.906. The van der Waals surface area contributed by atoms with Gasteiger partial charge in [-0.15, -0.1) is 16.4 Å². The average Bonchev–Trinajstić information content (AvgIpc) is 2.94. The number of nitrogens with one attached hydrogen (secondary N) is 2. The number of carbonyl (C=O) groups is 1. The Labute approximate surface area is 116 Å². The van der Waals surface area contributed by atoms with Gasteiger partial charge in [0.1, 0.15) is 5.82 Å². The van der Waals surface area contributed by atoms with Crippen LogP contribution in [0.25, 0.3) is 0 Å². The summed E-state index contributed by atoms with van der Waals surface area (Å²) in [7, 11) is 0. The van der Waals surface area contributed by atoms with Crippen molar-refractivity contribution in [2.45, 2.75) is 25.3 Å². The van der Waals surface area contributed by atoms with Crippen LogP contribution in [0.5, 0.6) is 0 Å². The van der Waals surface area contributed by atoms with Crippen LogP contribution in [0.2, 0.25) is 0 Å². The van der Waals surface area contributed by atoms with Crippen molar-refractivity contribution in [3.8, 4) is 0 Å². The molecule has 0 aromatic carbocycles. The molecule has 0 bridgehead atoms. The first-order valence-electron chi connectivity index (χ1n) is 5.67. The standard InChI is InChI=1S/C11H11BrN4OS/c12-8-4-3-7(18-8)5-13-11(17)10-14-9(15-16-10)6-1-2-6/h3-4,6H,1-2,5H2,(H,13,17)(H,14,15,16). The summed E-state index contributed by atoms with van der Waals surface area (Å²) >= 11 is 4.98. The van der Waals surface area contributed by atoms with Crippen molar-refractivity contribution >= 4 is 33.2 Å². The molecule has 7 heteroatoms. The highest BCUT2D eigenvalue weighted by Gasteiger charge is 2.28. The van der Waals surface area contributed by atoms with E-state index in [0.29, 0.717) is 12.5 Å². The summed E-state index contributed by atoms with van der Waals surface area (Å²) in [5.74, 6) is 1.31. The van der Waals surface area contributed by atoms with Crippen LogP contribution in [-0.4, -0.2) is 21.1 Å². The van der Waals surface area contributed by atoms with E-state index in [-0.39, 0.29) is 11.7 Å². The van der Waals surface area contributed by atoms with E-state index in [1.54, 1.807) is 11.3 Å². The van der Waals surface area contributed by atoms with Gasteiger partial charge in [-0.05, 0) is 40.9 Å². The topological polar surface area (TPSA) is 70.7 Å². The van der Waals surface area contributed by atoms with Crippen LogP contribution in [0.3, 0.4) is 0 Å². The highest BCUT2D eigenvalue weighted by Crippen LogP contribution is 2.37. The molecular formula is C11H11BrN4OS. The lowest BCUT2D eigenvalue weighted by atomic mass is 10.4. The van der Waals surface area contributed by atoms with Gasteiger partial charge >= 0.3 is 0 Å². The Bertz CT molecular complexity index is 575. The largest absolute Gasteiger partial charge is 0.344 e. The molecule has 0 spiro atoms. The second-order valence-electron chi connectivity index (χ2n) is 4.21. The number of nitrogens with zero attached hydrogens (tertiary/aromatic N) is 2. The third-order valence-corrected chi connectivity index (χ3v) is 4.35. The minimum Gasteiger partial charge on any atom is -0.344 e. The van der Waals surface area contributed by atoms with Crippen molar-refractivity contribution in [3.63, 3.8) is 0 Å². The molecule has 1 saturated carbocycles. The number of rotatable bonds is 4. The molecule has 1 fully saturated rings. The molecule has 2 aromatic heterocycles. The Balaban J connectivity index is 1.59. The van der Waals surface area contributed by atoms with Gasteiger partial charge in [-0.25, -0.2) is 4.98 Å². The van der Waals surface area contributed by atoms with Crippen molar-refractivity contribution in [1.82, 2.24) is 20.5 Å². The Morgan fingerprint density at radius 2 is 2.39 bits per heavy atom. The van der Waals surface area contributed by atoms with E-state index in [2.05, 4.69) is 36.4 Å². The minimum absolute atomic E-state index is 0.229. The summed E-state index contributed by atoms with van der Waals surface area (Å²) < 4.78 is 1.06. The number of hydrogen-bond donors (Lipinski definition) is 2. The van der Waals surface area contributed by atoms with E-state index >= 15 is 0 Å². The first-order chi connectivity index (χ1) is 8.72. The molecule has 2 heterocycles. The van der Waals surface area contributed by atoms with Crippen LogP contribution in [0.1, 0.15) is 40.1 Å². The van der Waals surface area contributed by atoms with Crippen LogP contribution in [-0.2, 0) is 6.54 Å². The van der Waals surface area contributed by atoms with E-state index < -0.39 is 0 Å². The van der Waals surface area contributed by atoms with Crippen molar-refractivity contribution in [2.24, 2.45) is 0 Å². The molecule has 2 aromatic rings. The number of aromatic amines is 1. The summed E-state index contributed by atoms with van der Waals surface area (Å²) in [6.45, 7) is 0.502. The molecule has 0 radical (unpaired) electrons. The molecule has 0 saturated heterocycles. The highest BCUT2D eigenvalue weighted by atomic mass is 79.9. The van der Waals surface area contributed by atoms with E-state index in [0.717, 1.165) is 27.3 Å². The fraction of sp³-hybridized carbons (Fsp3) is 0.364. The average molecular weight is 327 g/mol. The fourth-order valence-corrected chi connectivity index (χ4v) is 3.03. The maximum atomic E-state index is 11.8. The summed E-state index contributed by atoms with van der Waals surface area (Å²) in [6, 6.07) is 3.94. The minimum atomic E-state index is -0.234. The summed E-state index contributed by atoms with van der Waals surface area (Å²) in [4.78, 5) is 17.1. The van der Waals surface area contributed by atoms with Gasteiger partial charge in [-0.1, -0.05) is 0 Å². The van der Waals surface area contributed by atoms with E-state index in [1.165, 1.54) is 0 Å². The predicted octanol–water partition coefficient (Wildman–Crippen LogP) is 2.44. The molecule has 94 valence electrons. The van der Waals surface area contributed by atoms with Gasteiger partial charge in [-0.3, -0.25) is 9.89 Å². The first-order valence-corrected chi connectivity index (χ1v) is 7.28. The molecule has 1 aliphatic carbocycles. The summed E-state index contributed by atoms with van der Waals surface area (Å²) in [6.07, 6.45) is 2.28. The lowest BCUT2D eigenvalue weighted by molar-refractivity contribution is 0.0941. The number of H-pyrrole nitrogens is 1. The van der Waals surface area contributed by atoms with Gasteiger partial charge in [0.2, 0.25) is 5.82 Å². The Morgan fingerprint density at radius 3 is 3.06 bits per heavy atom. The predicted molar refractivity (Wildman–Crippen MR) is 71.5 cm³/mol. The molecule has 1 amide bonds. The molecule has 18 heavy (non-hydrogen) atoms. The van der Waals surface area contributed by atoms with Crippen LogP contribution in [0.4, 0.5) is 0 Å². The number of hydrogen-bond acceptors (Lipinski definition) is 4. The number of aromatic nitrogens is 3. The smallest absolute Gasteiger partial charge is 0.291 e. The van der Waals surface area contributed by atoms with Gasteiger partial charge in [0.05, 0.1) is 10.3 Å². The molecule has 2 N–H and O–H groups in total. The van der Waals surface area contributed by atoms with E-state index in [9.17, 15) is 4.79 Å². The van der Waals surface area contributed by atoms with Crippen molar-refractivity contribution in [3.05, 3.63) is 32.4 Å². The zero-order valence-corrected chi connectivity index (χ0v) is 11.8. The molecule has 0 atom stereocenters. The van der Waals surface area contributed by atoms with E-state index in [1.807, 2.05) is 12.1 Å². The van der Waals surface area contributed by atoms with Gasteiger partial charge in [0.15, 0.2) is 0 Å². The zero-order chi connectivity index (χ0) is 12.5. The SMILES string of the molecule is O=C(NCc1ccc(Br)s1)c1n[nH]c(C2CC2)n1. The molecule has 0 aliphatic heterocycles. The maximum Gasteiger partial charge on any atom is 0.291 e. The number of halogens is 1. The molecular weight excluding hydrogens is 316 g/mol.